The van der Waals surface area contributed by atoms with E-state index >= 15 is 0 Å². The summed E-state index contributed by atoms with van der Waals surface area (Å²) in [7, 11) is 0. The number of benzene rings is 1. The quantitative estimate of drug-likeness (QED) is 0.636. The summed E-state index contributed by atoms with van der Waals surface area (Å²) >= 11 is 0. The highest BCUT2D eigenvalue weighted by Crippen LogP contribution is 2.17. The number of hydrogen-bond acceptors (Lipinski definition) is 3. The van der Waals surface area contributed by atoms with Gasteiger partial charge in [0.2, 0.25) is 0 Å². The van der Waals surface area contributed by atoms with Crippen LogP contribution < -0.4 is 0 Å². The van der Waals surface area contributed by atoms with Crippen LogP contribution in [0.1, 0.15) is 5.76 Å². The molecule has 58 valence electrons. The molecule has 0 fully saturated rings. The predicted octanol–water partition coefficient (Wildman–Crippen LogP) is 1.89. The summed E-state index contributed by atoms with van der Waals surface area (Å²) in [5, 5.41) is 13.2. The zero-order chi connectivity index (χ0) is 8.39. The first-order valence-electron chi connectivity index (χ1n) is 3.62. The van der Waals surface area contributed by atoms with Gasteiger partial charge in [0.05, 0.1) is 12.5 Å². The summed E-state index contributed by atoms with van der Waals surface area (Å²) in [6, 6.07) is 9.58. The molecule has 3 heteroatoms. The van der Waals surface area contributed by atoms with E-state index in [4.69, 9.17) is 9.78 Å². The van der Waals surface area contributed by atoms with E-state index in [2.05, 4.69) is 5.16 Å². The molecule has 0 N–H and O–H groups in total. The molecule has 1 aromatic carbocycles. The largest absolute Gasteiger partial charge is 0.359 e. The first kappa shape index (κ1) is 6.86. The monoisotopic (exact) mass is 158 g/mol. The van der Waals surface area contributed by atoms with E-state index in [-0.39, 0.29) is 6.42 Å². The molecular weight excluding hydrogens is 152 g/mol. The SMILES string of the molecule is N#CCc1onc2ccccc12. The van der Waals surface area contributed by atoms with Crippen LogP contribution in [-0.2, 0) is 6.42 Å². The van der Waals surface area contributed by atoms with Crippen LogP contribution in [0.4, 0.5) is 0 Å². The number of hydrogen-bond donors (Lipinski definition) is 0. The van der Waals surface area contributed by atoms with Crippen molar-refractivity contribution in [1.82, 2.24) is 5.16 Å². The van der Waals surface area contributed by atoms with Crippen LogP contribution in [0.15, 0.2) is 28.8 Å². The van der Waals surface area contributed by atoms with E-state index in [1.807, 2.05) is 30.3 Å². The molecular formula is C9H6N2O. The van der Waals surface area contributed by atoms with Crippen molar-refractivity contribution in [3.05, 3.63) is 30.0 Å². The van der Waals surface area contributed by atoms with Crippen molar-refractivity contribution in [2.75, 3.05) is 0 Å². The summed E-state index contributed by atoms with van der Waals surface area (Å²) in [6.45, 7) is 0. The van der Waals surface area contributed by atoms with Crippen LogP contribution in [0.25, 0.3) is 10.9 Å². The average molecular weight is 158 g/mol. The second kappa shape index (κ2) is 2.67. The first-order valence-corrected chi connectivity index (χ1v) is 3.62. The van der Waals surface area contributed by atoms with Crippen LogP contribution in [0.2, 0.25) is 0 Å². The van der Waals surface area contributed by atoms with Crippen LogP contribution in [-0.4, -0.2) is 5.16 Å². The molecule has 0 amide bonds. The van der Waals surface area contributed by atoms with Crippen molar-refractivity contribution >= 4 is 10.9 Å². The molecule has 2 rings (SSSR count). The maximum absolute atomic E-state index is 8.46. The Balaban J connectivity index is 2.64. The molecule has 0 aliphatic rings. The lowest BCUT2D eigenvalue weighted by Gasteiger charge is -1.85. The standard InChI is InChI=1S/C9H6N2O/c10-6-5-9-7-3-1-2-4-8(7)11-12-9/h1-4H,5H2. The Bertz CT molecular complexity index is 439. The van der Waals surface area contributed by atoms with Gasteiger partial charge in [-0.1, -0.05) is 17.3 Å². The molecule has 1 heterocycles. The minimum Gasteiger partial charge on any atom is -0.359 e. The molecule has 12 heavy (non-hydrogen) atoms. The van der Waals surface area contributed by atoms with Gasteiger partial charge in [-0.15, -0.1) is 0 Å². The summed E-state index contributed by atoms with van der Waals surface area (Å²) < 4.78 is 4.98. The third-order valence-corrected chi connectivity index (χ3v) is 1.70. The highest BCUT2D eigenvalue weighted by Gasteiger charge is 2.05. The van der Waals surface area contributed by atoms with Crippen LogP contribution in [0.5, 0.6) is 0 Å². The van der Waals surface area contributed by atoms with E-state index in [0.29, 0.717) is 5.76 Å². The Morgan fingerprint density at radius 1 is 1.42 bits per heavy atom. The second-order valence-electron chi connectivity index (χ2n) is 2.46. The number of nitriles is 1. The minimum atomic E-state index is 0.278. The fourth-order valence-corrected chi connectivity index (χ4v) is 1.14. The van der Waals surface area contributed by atoms with E-state index in [9.17, 15) is 0 Å². The first-order chi connectivity index (χ1) is 5.92. The summed E-state index contributed by atoms with van der Waals surface area (Å²) in [5.74, 6) is 0.646. The van der Waals surface area contributed by atoms with E-state index in [1.54, 1.807) is 0 Å². The maximum atomic E-state index is 8.46. The van der Waals surface area contributed by atoms with E-state index in [1.165, 1.54) is 0 Å². The van der Waals surface area contributed by atoms with Gasteiger partial charge in [0.1, 0.15) is 5.52 Å². The van der Waals surface area contributed by atoms with Gasteiger partial charge in [-0.25, -0.2) is 0 Å². The molecule has 2 aromatic rings. The van der Waals surface area contributed by atoms with Crippen molar-refractivity contribution in [2.45, 2.75) is 6.42 Å². The molecule has 0 bridgehead atoms. The topological polar surface area (TPSA) is 49.8 Å². The molecule has 0 unspecified atom stereocenters. The van der Waals surface area contributed by atoms with Crippen LogP contribution >= 0.6 is 0 Å². The Kier molecular flexibility index (Phi) is 1.52. The minimum absolute atomic E-state index is 0.278. The second-order valence-corrected chi connectivity index (χ2v) is 2.46. The summed E-state index contributed by atoms with van der Waals surface area (Å²) in [6.07, 6.45) is 0.278. The van der Waals surface area contributed by atoms with Gasteiger partial charge in [-0.05, 0) is 12.1 Å². The third-order valence-electron chi connectivity index (χ3n) is 1.70. The molecule has 0 atom stereocenters. The van der Waals surface area contributed by atoms with Gasteiger partial charge in [0.25, 0.3) is 0 Å². The van der Waals surface area contributed by atoms with Crippen LogP contribution in [0, 0.1) is 11.3 Å². The van der Waals surface area contributed by atoms with Crippen LogP contribution in [0.3, 0.4) is 0 Å². The highest BCUT2D eigenvalue weighted by molar-refractivity contribution is 5.80. The Hall–Kier alpha value is -1.82. The maximum Gasteiger partial charge on any atom is 0.158 e. The van der Waals surface area contributed by atoms with Crippen molar-refractivity contribution in [2.24, 2.45) is 0 Å². The predicted molar refractivity (Wildman–Crippen MR) is 43.3 cm³/mol. The van der Waals surface area contributed by atoms with Crippen molar-refractivity contribution in [1.29, 1.82) is 5.26 Å². The zero-order valence-electron chi connectivity index (χ0n) is 6.32. The third kappa shape index (κ3) is 0.940. The number of aromatic nitrogens is 1. The van der Waals surface area contributed by atoms with Gasteiger partial charge >= 0.3 is 0 Å². The van der Waals surface area contributed by atoms with Gasteiger partial charge in [0.15, 0.2) is 5.76 Å². The molecule has 0 saturated carbocycles. The molecule has 0 radical (unpaired) electrons. The van der Waals surface area contributed by atoms with Gasteiger partial charge < -0.3 is 4.52 Å². The number of fused-ring (bicyclic) bond motifs is 1. The fourth-order valence-electron chi connectivity index (χ4n) is 1.14. The Morgan fingerprint density at radius 3 is 3.08 bits per heavy atom. The van der Waals surface area contributed by atoms with E-state index in [0.717, 1.165) is 10.9 Å². The average Bonchev–Trinajstić information content (AvgIpc) is 2.50. The molecule has 0 saturated heterocycles. The lowest BCUT2D eigenvalue weighted by Crippen LogP contribution is -1.75. The normalized spacial score (nSPS) is 9.92. The lowest BCUT2D eigenvalue weighted by atomic mass is 10.2. The van der Waals surface area contributed by atoms with Gasteiger partial charge in [0, 0.05) is 5.39 Å². The highest BCUT2D eigenvalue weighted by atomic mass is 16.5. The molecule has 1 aromatic heterocycles. The molecule has 3 nitrogen and oxygen atoms in total. The van der Waals surface area contributed by atoms with Gasteiger partial charge in [-0.2, -0.15) is 5.26 Å². The molecule has 0 spiro atoms. The number of rotatable bonds is 1. The number of nitrogens with zero attached hydrogens (tertiary/aromatic N) is 2. The summed E-state index contributed by atoms with van der Waals surface area (Å²) in [4.78, 5) is 0. The van der Waals surface area contributed by atoms with Crippen molar-refractivity contribution in [3.63, 3.8) is 0 Å². The van der Waals surface area contributed by atoms with Crippen molar-refractivity contribution < 1.29 is 4.52 Å². The lowest BCUT2D eigenvalue weighted by molar-refractivity contribution is 0.399. The summed E-state index contributed by atoms with van der Waals surface area (Å²) in [5.41, 5.74) is 0.808. The fraction of sp³-hybridized carbons (Fsp3) is 0.111. The molecule has 0 aliphatic carbocycles. The Morgan fingerprint density at radius 2 is 2.25 bits per heavy atom. The zero-order valence-corrected chi connectivity index (χ0v) is 6.32. The van der Waals surface area contributed by atoms with Gasteiger partial charge in [-0.3, -0.25) is 0 Å². The Labute approximate surface area is 69.2 Å². The van der Waals surface area contributed by atoms with Crippen molar-refractivity contribution in [3.8, 4) is 6.07 Å². The molecule has 0 aliphatic heterocycles. The van der Waals surface area contributed by atoms with E-state index < -0.39 is 0 Å². The smallest absolute Gasteiger partial charge is 0.158 e.